The first-order chi connectivity index (χ1) is 8.79. The minimum absolute atomic E-state index is 0.248. The fraction of sp³-hybridized carbons (Fsp3) is 0. The Balaban J connectivity index is 2.32. The molecule has 7 heteroatoms. The minimum Gasteiger partial charge on any atom is -0.287 e. The second-order valence-corrected chi connectivity index (χ2v) is 6.01. The molecule has 0 amide bonds. The highest BCUT2D eigenvalue weighted by molar-refractivity contribution is 14.2. The lowest BCUT2D eigenvalue weighted by Crippen LogP contribution is -1.92. The Morgan fingerprint density at radius 2 is 1.94 bits per heavy atom. The number of imidazole rings is 1. The van der Waals surface area contributed by atoms with Gasteiger partial charge in [0.1, 0.15) is 17.5 Å². The maximum Gasteiger partial charge on any atom is 0.225 e. The van der Waals surface area contributed by atoms with Gasteiger partial charge in [-0.3, -0.25) is 4.34 Å². The Morgan fingerprint density at radius 3 is 2.67 bits per heavy atom. The van der Waals surface area contributed by atoms with E-state index in [-0.39, 0.29) is 5.28 Å². The Labute approximate surface area is 123 Å². The third kappa shape index (κ3) is 2.11. The molecule has 3 rings (SSSR count). The number of aromatic nitrogens is 4. The van der Waals surface area contributed by atoms with Crippen LogP contribution in [-0.4, -0.2) is 19.3 Å². The van der Waals surface area contributed by atoms with Gasteiger partial charge in [-0.2, -0.15) is 4.98 Å². The number of hydrogen-bond donors (Lipinski definition) is 0. The SMILES string of the molecule is Clc1nc(-c2ccccc2)c2ncn(PI)c2n1. The van der Waals surface area contributed by atoms with E-state index in [2.05, 4.69) is 37.0 Å². The quantitative estimate of drug-likeness (QED) is 0.379. The van der Waals surface area contributed by atoms with Crippen molar-refractivity contribution >= 4 is 51.2 Å². The van der Waals surface area contributed by atoms with Crippen LogP contribution in [0.25, 0.3) is 22.4 Å². The predicted octanol–water partition coefficient (Wildman–Crippen LogP) is 3.94. The number of benzene rings is 1. The van der Waals surface area contributed by atoms with Crippen LogP contribution in [0.1, 0.15) is 0 Å². The van der Waals surface area contributed by atoms with Gasteiger partial charge in [-0.25, -0.2) is 9.97 Å². The highest BCUT2D eigenvalue weighted by Gasteiger charge is 2.13. The fourth-order valence-electron chi connectivity index (χ4n) is 1.73. The third-order valence-corrected chi connectivity index (χ3v) is 4.74. The van der Waals surface area contributed by atoms with Crippen molar-refractivity contribution in [2.75, 3.05) is 0 Å². The smallest absolute Gasteiger partial charge is 0.225 e. The molecule has 0 spiro atoms. The van der Waals surface area contributed by atoms with Gasteiger partial charge in [0.15, 0.2) is 5.65 Å². The largest absolute Gasteiger partial charge is 0.287 e. The molecule has 0 bridgehead atoms. The van der Waals surface area contributed by atoms with Gasteiger partial charge in [0.2, 0.25) is 5.28 Å². The van der Waals surface area contributed by atoms with Crippen LogP contribution in [0.2, 0.25) is 5.28 Å². The van der Waals surface area contributed by atoms with Crippen molar-refractivity contribution in [2.45, 2.75) is 0 Å². The first kappa shape index (κ1) is 12.3. The van der Waals surface area contributed by atoms with Crippen molar-refractivity contribution in [3.63, 3.8) is 0 Å². The average molecular weight is 389 g/mol. The molecule has 0 N–H and O–H groups in total. The Kier molecular flexibility index (Phi) is 3.46. The molecule has 3 aromatic rings. The van der Waals surface area contributed by atoms with Crippen LogP contribution in [0.15, 0.2) is 36.7 Å². The lowest BCUT2D eigenvalue weighted by atomic mass is 10.1. The molecule has 1 unspecified atom stereocenters. The third-order valence-electron chi connectivity index (χ3n) is 2.51. The molecule has 2 heterocycles. The van der Waals surface area contributed by atoms with E-state index in [0.717, 1.165) is 22.4 Å². The molecule has 0 fully saturated rings. The fourth-order valence-corrected chi connectivity index (χ4v) is 3.29. The molecule has 0 aliphatic rings. The Hall–Kier alpha value is -0.780. The zero-order valence-corrected chi connectivity index (χ0v) is 12.9. The summed E-state index contributed by atoms with van der Waals surface area (Å²) in [6, 6.07) is 9.88. The van der Waals surface area contributed by atoms with Gasteiger partial charge in [0.25, 0.3) is 0 Å². The van der Waals surface area contributed by atoms with Crippen LogP contribution in [0.5, 0.6) is 0 Å². The van der Waals surface area contributed by atoms with E-state index in [9.17, 15) is 0 Å². The van der Waals surface area contributed by atoms with E-state index >= 15 is 0 Å². The van der Waals surface area contributed by atoms with Gasteiger partial charge in [0.05, 0.1) is 6.37 Å². The standard InChI is InChI=1S/C11H7ClIN4P/c12-11-15-8(7-4-2-1-3-5-7)9-10(16-11)17(18-13)6-14-9/h1-6,18H. The topological polar surface area (TPSA) is 43.6 Å². The van der Waals surface area contributed by atoms with Crippen LogP contribution in [0.3, 0.4) is 0 Å². The van der Waals surface area contributed by atoms with Crippen LogP contribution < -0.4 is 0 Å². The molecule has 2 aromatic heterocycles. The molecule has 0 saturated heterocycles. The van der Waals surface area contributed by atoms with E-state index in [1.807, 2.05) is 34.7 Å². The summed E-state index contributed by atoms with van der Waals surface area (Å²) in [5.41, 5.74) is 3.34. The van der Waals surface area contributed by atoms with Gasteiger partial charge in [0, 0.05) is 5.56 Å². The molecule has 4 nitrogen and oxygen atoms in total. The first-order valence-electron chi connectivity index (χ1n) is 5.12. The molecule has 1 aromatic carbocycles. The summed E-state index contributed by atoms with van der Waals surface area (Å²) in [5, 5.41) is 0.248. The number of hydrogen-bond acceptors (Lipinski definition) is 3. The van der Waals surface area contributed by atoms with Gasteiger partial charge < -0.3 is 0 Å². The summed E-state index contributed by atoms with van der Waals surface area (Å²) >= 11 is 8.28. The first-order valence-corrected chi connectivity index (χ1v) is 9.56. The normalized spacial score (nSPS) is 11.7. The van der Waals surface area contributed by atoms with Crippen molar-refractivity contribution in [1.29, 1.82) is 0 Å². The van der Waals surface area contributed by atoms with Crippen molar-refractivity contribution < 1.29 is 0 Å². The van der Waals surface area contributed by atoms with Gasteiger partial charge in [-0.15, -0.1) is 0 Å². The average Bonchev–Trinajstić information content (AvgIpc) is 2.81. The number of fused-ring (bicyclic) bond motifs is 1. The second-order valence-electron chi connectivity index (χ2n) is 3.58. The maximum atomic E-state index is 6.00. The van der Waals surface area contributed by atoms with Crippen LogP contribution >= 0.6 is 40.0 Å². The van der Waals surface area contributed by atoms with Gasteiger partial charge >= 0.3 is 0 Å². The number of rotatable bonds is 2. The second kappa shape index (κ2) is 5.07. The Bertz CT molecular complexity index is 701. The van der Waals surface area contributed by atoms with Gasteiger partial charge in [-0.05, 0) is 33.6 Å². The van der Waals surface area contributed by atoms with Crippen LogP contribution in [-0.2, 0) is 0 Å². The summed E-state index contributed by atoms with van der Waals surface area (Å²) in [7, 11) is 0. The molecule has 90 valence electrons. The van der Waals surface area contributed by atoms with Crippen LogP contribution in [0.4, 0.5) is 0 Å². The molecule has 0 aliphatic carbocycles. The van der Waals surface area contributed by atoms with Crippen molar-refractivity contribution in [1.82, 2.24) is 19.3 Å². The van der Waals surface area contributed by atoms with Crippen molar-refractivity contribution in [3.8, 4) is 11.3 Å². The summed E-state index contributed by atoms with van der Waals surface area (Å²) in [4.78, 5) is 12.9. The highest BCUT2D eigenvalue weighted by atomic mass is 127. The van der Waals surface area contributed by atoms with E-state index in [0.29, 0.717) is 6.37 Å². The summed E-state index contributed by atoms with van der Waals surface area (Å²) in [5.74, 6) is 0. The van der Waals surface area contributed by atoms with Crippen LogP contribution in [0, 0.1) is 0 Å². The Morgan fingerprint density at radius 1 is 1.17 bits per heavy atom. The van der Waals surface area contributed by atoms with Crippen molar-refractivity contribution in [2.24, 2.45) is 0 Å². The molecule has 1 atom stereocenters. The van der Waals surface area contributed by atoms with E-state index in [1.165, 1.54) is 0 Å². The van der Waals surface area contributed by atoms with E-state index < -0.39 is 0 Å². The lowest BCUT2D eigenvalue weighted by Gasteiger charge is -2.03. The molecule has 0 saturated carbocycles. The van der Waals surface area contributed by atoms with E-state index in [4.69, 9.17) is 11.6 Å². The van der Waals surface area contributed by atoms with Gasteiger partial charge in [-0.1, -0.05) is 30.3 Å². The molecule has 0 aliphatic heterocycles. The van der Waals surface area contributed by atoms with Crippen molar-refractivity contribution in [3.05, 3.63) is 41.9 Å². The zero-order chi connectivity index (χ0) is 12.5. The predicted molar refractivity (Wildman–Crippen MR) is 83.5 cm³/mol. The number of halogens is 2. The molecular weight excluding hydrogens is 381 g/mol. The molecule has 18 heavy (non-hydrogen) atoms. The summed E-state index contributed by atoms with van der Waals surface area (Å²) in [6.45, 7) is 0. The lowest BCUT2D eigenvalue weighted by molar-refractivity contribution is 1.18. The minimum atomic E-state index is 0.248. The summed E-state index contributed by atoms with van der Waals surface area (Å²) < 4.78 is 1.97. The zero-order valence-electron chi connectivity index (χ0n) is 9.01. The summed E-state index contributed by atoms with van der Waals surface area (Å²) in [6.07, 6.45) is 2.30. The molecule has 0 radical (unpaired) electrons. The highest BCUT2D eigenvalue weighted by Crippen LogP contribution is 2.32. The van der Waals surface area contributed by atoms with E-state index in [1.54, 1.807) is 6.33 Å². The molecular formula is C11H7ClIN4P. The monoisotopic (exact) mass is 388 g/mol. The number of nitrogens with zero attached hydrogens (tertiary/aromatic N) is 4. The maximum absolute atomic E-state index is 6.00.